The van der Waals surface area contributed by atoms with E-state index in [9.17, 15) is 18.0 Å². The second-order valence-corrected chi connectivity index (χ2v) is 9.12. The number of H-pyrrole nitrogens is 1. The van der Waals surface area contributed by atoms with Gasteiger partial charge in [-0.25, -0.2) is 8.42 Å². The highest BCUT2D eigenvalue weighted by Gasteiger charge is 2.47. The van der Waals surface area contributed by atoms with E-state index in [1.54, 1.807) is 13.8 Å². The zero-order valence-corrected chi connectivity index (χ0v) is 15.4. The Labute approximate surface area is 145 Å². The van der Waals surface area contributed by atoms with Gasteiger partial charge in [-0.15, -0.1) is 0 Å². The van der Waals surface area contributed by atoms with Gasteiger partial charge in [0.15, 0.2) is 9.84 Å². The summed E-state index contributed by atoms with van der Waals surface area (Å²) >= 11 is 6.17. The van der Waals surface area contributed by atoms with Crippen LogP contribution in [0.25, 0.3) is 0 Å². The number of amides is 1. The molecular weight excluding hydrogens is 354 g/mol. The lowest BCUT2D eigenvalue weighted by molar-refractivity contribution is 0.0407. The first-order chi connectivity index (χ1) is 11.1. The molecule has 1 N–H and O–H groups in total. The van der Waals surface area contributed by atoms with Crippen molar-refractivity contribution >= 4 is 27.3 Å². The van der Waals surface area contributed by atoms with Gasteiger partial charge >= 0.3 is 0 Å². The van der Waals surface area contributed by atoms with E-state index in [0.29, 0.717) is 29.4 Å². The Bertz CT molecular complexity index is 864. The summed E-state index contributed by atoms with van der Waals surface area (Å²) in [7, 11) is -1.33. The van der Waals surface area contributed by atoms with Crippen LogP contribution < -0.4 is 5.56 Å². The van der Waals surface area contributed by atoms with Gasteiger partial charge in [0.2, 0.25) is 0 Å². The Balaban J connectivity index is 2.02. The number of hydrogen-bond donors (Lipinski definition) is 1. The van der Waals surface area contributed by atoms with Crippen LogP contribution in [-0.4, -0.2) is 72.8 Å². The summed E-state index contributed by atoms with van der Waals surface area (Å²) in [6, 6.07) is -0.659. The average molecular weight is 374 g/mol. The van der Waals surface area contributed by atoms with Crippen LogP contribution >= 0.6 is 11.6 Å². The van der Waals surface area contributed by atoms with Gasteiger partial charge in [0.25, 0.3) is 11.5 Å². The molecule has 0 aromatic carbocycles. The molecule has 132 valence electrons. The van der Waals surface area contributed by atoms with Gasteiger partial charge in [-0.1, -0.05) is 11.6 Å². The predicted octanol–water partition coefficient (Wildman–Crippen LogP) is 0.198. The lowest BCUT2D eigenvalue weighted by atomic mass is 10.0. The molecule has 0 bridgehead atoms. The number of nitrogens with zero attached hydrogens (tertiary/aromatic N) is 2. The minimum atomic E-state index is -3.19. The minimum Gasteiger partial charge on any atom is -0.332 e. The van der Waals surface area contributed by atoms with Gasteiger partial charge in [0, 0.05) is 24.8 Å². The van der Waals surface area contributed by atoms with Crippen molar-refractivity contribution in [3.05, 3.63) is 32.2 Å². The number of pyridine rings is 1. The van der Waals surface area contributed by atoms with Crippen LogP contribution in [0.2, 0.25) is 5.02 Å². The number of carbonyl (C=O) groups excluding carboxylic acids is 1. The molecule has 2 fully saturated rings. The zero-order valence-electron chi connectivity index (χ0n) is 13.8. The van der Waals surface area contributed by atoms with E-state index in [4.69, 9.17) is 11.6 Å². The normalized spacial score (nSPS) is 26.4. The summed E-state index contributed by atoms with van der Waals surface area (Å²) in [5.41, 5.74) is 0.448. The van der Waals surface area contributed by atoms with Crippen molar-refractivity contribution in [1.82, 2.24) is 14.8 Å². The first-order valence-corrected chi connectivity index (χ1v) is 9.93. The lowest BCUT2D eigenvalue weighted by Gasteiger charge is -2.42. The molecule has 0 radical (unpaired) electrons. The Kier molecular flexibility index (Phi) is 4.26. The maximum Gasteiger partial charge on any atom is 0.261 e. The number of nitrogens with one attached hydrogen (secondary N) is 1. The van der Waals surface area contributed by atoms with Crippen LogP contribution in [-0.2, 0) is 9.84 Å². The van der Waals surface area contributed by atoms with Crippen LogP contribution in [0.3, 0.4) is 0 Å². The molecule has 7 nitrogen and oxygen atoms in total. The van der Waals surface area contributed by atoms with Crippen molar-refractivity contribution < 1.29 is 13.2 Å². The molecule has 3 heterocycles. The molecule has 1 amide bonds. The van der Waals surface area contributed by atoms with Crippen molar-refractivity contribution in [2.75, 3.05) is 31.6 Å². The molecule has 1 aromatic heterocycles. The van der Waals surface area contributed by atoms with Crippen LogP contribution in [0.5, 0.6) is 0 Å². The molecule has 0 saturated carbocycles. The maximum atomic E-state index is 13.0. The Hall–Kier alpha value is -1.38. The first-order valence-electron chi connectivity index (χ1n) is 7.73. The molecule has 2 atom stereocenters. The standard InChI is InChI=1S/C15H20ClN3O4S/c1-8-12(14(20)17-9(2)13(8)16)15(21)19-5-4-18(3)10-6-24(22,23)7-11(10)19/h10-11H,4-7H2,1-3H3,(H,17,20)/t10-,11+/m1/s1. The van der Waals surface area contributed by atoms with E-state index < -0.39 is 27.3 Å². The largest absolute Gasteiger partial charge is 0.332 e. The van der Waals surface area contributed by atoms with E-state index in [1.807, 2.05) is 11.9 Å². The molecule has 2 saturated heterocycles. The molecule has 0 spiro atoms. The molecule has 0 aliphatic carbocycles. The fraction of sp³-hybridized carbons (Fsp3) is 0.600. The monoisotopic (exact) mass is 373 g/mol. The molecular formula is C15H20ClN3O4S. The lowest BCUT2D eigenvalue weighted by Crippen LogP contribution is -2.60. The van der Waals surface area contributed by atoms with Gasteiger partial charge in [-0.05, 0) is 26.5 Å². The summed E-state index contributed by atoms with van der Waals surface area (Å²) in [5.74, 6) is -0.470. The number of likely N-dealkylation sites (N-methyl/N-ethyl adjacent to an activating group) is 1. The van der Waals surface area contributed by atoms with Crippen LogP contribution in [0.1, 0.15) is 21.6 Å². The number of aromatic nitrogens is 1. The summed E-state index contributed by atoms with van der Waals surface area (Å²) in [5, 5.41) is 0.350. The van der Waals surface area contributed by atoms with Crippen molar-refractivity contribution in [3.63, 3.8) is 0 Å². The van der Waals surface area contributed by atoms with Crippen molar-refractivity contribution in [2.24, 2.45) is 0 Å². The molecule has 1 aromatic rings. The van der Waals surface area contributed by atoms with Gasteiger partial charge in [0.1, 0.15) is 5.56 Å². The number of fused-ring (bicyclic) bond motifs is 1. The smallest absolute Gasteiger partial charge is 0.261 e. The number of aromatic amines is 1. The number of halogens is 1. The van der Waals surface area contributed by atoms with Gasteiger partial charge < -0.3 is 9.88 Å². The summed E-state index contributed by atoms with van der Waals surface area (Å²) in [6.45, 7) is 4.26. The van der Waals surface area contributed by atoms with Crippen molar-refractivity contribution in [2.45, 2.75) is 25.9 Å². The maximum absolute atomic E-state index is 13.0. The molecule has 24 heavy (non-hydrogen) atoms. The molecule has 2 aliphatic rings. The van der Waals surface area contributed by atoms with E-state index in [0.717, 1.165) is 0 Å². The van der Waals surface area contributed by atoms with E-state index in [2.05, 4.69) is 4.98 Å². The third-order valence-corrected chi connectivity index (χ3v) is 7.26. The third-order valence-electron chi connectivity index (χ3n) is 4.99. The number of aryl methyl sites for hydroxylation is 1. The first kappa shape index (κ1) is 17.4. The van der Waals surface area contributed by atoms with Gasteiger partial charge in [-0.3, -0.25) is 14.5 Å². The van der Waals surface area contributed by atoms with E-state index >= 15 is 0 Å². The molecule has 0 unspecified atom stereocenters. The summed E-state index contributed by atoms with van der Waals surface area (Å²) in [6.07, 6.45) is 0. The van der Waals surface area contributed by atoms with Crippen LogP contribution in [0, 0.1) is 13.8 Å². The Morgan fingerprint density at radius 1 is 1.21 bits per heavy atom. The van der Waals surface area contributed by atoms with Crippen molar-refractivity contribution in [1.29, 1.82) is 0 Å². The molecule has 9 heteroatoms. The highest BCUT2D eigenvalue weighted by Crippen LogP contribution is 2.28. The molecule has 2 aliphatic heterocycles. The van der Waals surface area contributed by atoms with E-state index in [1.165, 1.54) is 4.90 Å². The fourth-order valence-electron chi connectivity index (χ4n) is 3.63. The van der Waals surface area contributed by atoms with Crippen LogP contribution in [0.4, 0.5) is 0 Å². The van der Waals surface area contributed by atoms with Gasteiger partial charge in [0.05, 0.1) is 22.6 Å². The second-order valence-electron chi connectivity index (χ2n) is 6.58. The quantitative estimate of drug-likeness (QED) is 0.759. The number of piperazine rings is 1. The second kappa shape index (κ2) is 5.86. The highest BCUT2D eigenvalue weighted by atomic mass is 35.5. The van der Waals surface area contributed by atoms with Crippen LogP contribution in [0.15, 0.2) is 4.79 Å². The number of rotatable bonds is 1. The summed E-state index contributed by atoms with van der Waals surface area (Å²) < 4.78 is 24.1. The number of carbonyl (C=O) groups is 1. The van der Waals surface area contributed by atoms with Gasteiger partial charge in [-0.2, -0.15) is 0 Å². The summed E-state index contributed by atoms with van der Waals surface area (Å²) in [4.78, 5) is 31.4. The Morgan fingerprint density at radius 3 is 2.50 bits per heavy atom. The zero-order chi connectivity index (χ0) is 17.8. The minimum absolute atomic E-state index is 0.00167. The average Bonchev–Trinajstić information content (AvgIpc) is 2.81. The Morgan fingerprint density at radius 2 is 1.83 bits per heavy atom. The highest BCUT2D eigenvalue weighted by molar-refractivity contribution is 7.91. The predicted molar refractivity (Wildman–Crippen MR) is 91.4 cm³/mol. The number of hydrogen-bond acceptors (Lipinski definition) is 5. The fourth-order valence-corrected chi connectivity index (χ4v) is 5.83. The molecule has 3 rings (SSSR count). The van der Waals surface area contributed by atoms with E-state index in [-0.39, 0.29) is 23.1 Å². The topological polar surface area (TPSA) is 90.6 Å². The SMILES string of the molecule is Cc1[nH]c(=O)c(C(=O)N2CCN(C)[C@@H]3CS(=O)(=O)C[C@@H]32)c(C)c1Cl. The van der Waals surface area contributed by atoms with Crippen molar-refractivity contribution in [3.8, 4) is 0 Å². The third kappa shape index (κ3) is 2.76. The number of sulfone groups is 1.